The molecule has 0 saturated heterocycles. The Morgan fingerprint density at radius 2 is 2.17 bits per heavy atom. The second-order valence-electron chi connectivity index (χ2n) is 3.94. The third-order valence-electron chi connectivity index (χ3n) is 2.81. The van der Waals surface area contributed by atoms with Crippen molar-refractivity contribution < 1.29 is 14.3 Å². The van der Waals surface area contributed by atoms with E-state index >= 15 is 0 Å². The number of carbonyl (C=O) groups is 1. The predicted molar refractivity (Wildman–Crippen MR) is 64.5 cm³/mol. The van der Waals surface area contributed by atoms with E-state index in [9.17, 15) is 4.79 Å². The second kappa shape index (κ2) is 4.03. The summed E-state index contributed by atoms with van der Waals surface area (Å²) < 4.78 is 6.85. The van der Waals surface area contributed by atoms with Gasteiger partial charge in [-0.25, -0.2) is 9.78 Å². The molecule has 2 heterocycles. The van der Waals surface area contributed by atoms with Crippen LogP contribution < -0.4 is 0 Å². The zero-order valence-corrected chi connectivity index (χ0v) is 9.41. The molecule has 1 aromatic carbocycles. The van der Waals surface area contributed by atoms with Crippen molar-refractivity contribution in [2.24, 2.45) is 0 Å². The highest BCUT2D eigenvalue weighted by atomic mass is 16.4. The number of aromatic carboxylic acids is 1. The van der Waals surface area contributed by atoms with Crippen LogP contribution in [0.4, 0.5) is 0 Å². The molecular weight excluding hydrogens is 232 g/mol. The fourth-order valence-electron chi connectivity index (χ4n) is 1.97. The predicted octanol–water partition coefficient (Wildman–Crippen LogP) is 2.38. The summed E-state index contributed by atoms with van der Waals surface area (Å²) >= 11 is 0. The molecule has 5 heteroatoms. The Kier molecular flexibility index (Phi) is 2.37. The van der Waals surface area contributed by atoms with Gasteiger partial charge in [0.25, 0.3) is 0 Å². The SMILES string of the molecule is O=C(O)c1occc1Cn1cnc2ccccc21. The van der Waals surface area contributed by atoms with Crippen LogP contribution in [0.25, 0.3) is 11.0 Å². The Hall–Kier alpha value is -2.56. The lowest BCUT2D eigenvalue weighted by molar-refractivity contribution is 0.0660. The van der Waals surface area contributed by atoms with Crippen LogP contribution in [0.5, 0.6) is 0 Å². The molecule has 0 aliphatic carbocycles. The van der Waals surface area contributed by atoms with Gasteiger partial charge in [-0.3, -0.25) is 0 Å². The van der Waals surface area contributed by atoms with Crippen molar-refractivity contribution in [1.29, 1.82) is 0 Å². The first-order valence-corrected chi connectivity index (χ1v) is 5.45. The van der Waals surface area contributed by atoms with Crippen molar-refractivity contribution in [2.75, 3.05) is 0 Å². The lowest BCUT2D eigenvalue weighted by atomic mass is 10.2. The number of carboxylic acids is 1. The highest BCUT2D eigenvalue weighted by molar-refractivity contribution is 5.86. The molecule has 0 aliphatic rings. The van der Waals surface area contributed by atoms with Gasteiger partial charge in [0.05, 0.1) is 30.2 Å². The Morgan fingerprint density at radius 1 is 1.33 bits per heavy atom. The number of hydrogen-bond acceptors (Lipinski definition) is 3. The number of rotatable bonds is 3. The third kappa shape index (κ3) is 1.66. The van der Waals surface area contributed by atoms with Gasteiger partial charge in [0, 0.05) is 5.56 Å². The number of hydrogen-bond donors (Lipinski definition) is 1. The number of fused-ring (bicyclic) bond motifs is 1. The standard InChI is InChI=1S/C13H10N2O3/c16-13(17)12-9(5-6-18-12)7-15-8-14-10-3-1-2-4-11(10)15/h1-6,8H,7H2,(H,16,17). The van der Waals surface area contributed by atoms with Crippen molar-refractivity contribution >= 4 is 17.0 Å². The second-order valence-corrected chi connectivity index (χ2v) is 3.94. The minimum absolute atomic E-state index is 0.0206. The molecule has 0 amide bonds. The number of benzene rings is 1. The average molecular weight is 242 g/mol. The smallest absolute Gasteiger partial charge is 0.372 e. The fraction of sp³-hybridized carbons (Fsp3) is 0.0769. The fourth-order valence-corrected chi connectivity index (χ4v) is 1.97. The van der Waals surface area contributed by atoms with Crippen LogP contribution in [-0.2, 0) is 6.54 Å². The molecule has 3 aromatic rings. The number of furan rings is 1. The van der Waals surface area contributed by atoms with Crippen LogP contribution in [0.3, 0.4) is 0 Å². The van der Waals surface area contributed by atoms with Crippen LogP contribution in [0.1, 0.15) is 16.1 Å². The van der Waals surface area contributed by atoms with E-state index in [1.807, 2.05) is 28.8 Å². The van der Waals surface area contributed by atoms with Gasteiger partial charge in [-0.15, -0.1) is 0 Å². The molecule has 90 valence electrons. The first kappa shape index (κ1) is 10.6. The zero-order valence-electron chi connectivity index (χ0n) is 9.41. The summed E-state index contributed by atoms with van der Waals surface area (Å²) in [6.07, 6.45) is 3.08. The van der Waals surface area contributed by atoms with E-state index < -0.39 is 5.97 Å². The molecule has 5 nitrogen and oxygen atoms in total. The lowest BCUT2D eigenvalue weighted by Gasteiger charge is -2.02. The average Bonchev–Trinajstić information content (AvgIpc) is 2.97. The van der Waals surface area contributed by atoms with E-state index in [0.29, 0.717) is 12.1 Å². The number of aromatic nitrogens is 2. The lowest BCUT2D eigenvalue weighted by Crippen LogP contribution is -2.03. The van der Waals surface area contributed by atoms with Crippen LogP contribution >= 0.6 is 0 Å². The molecule has 3 rings (SSSR count). The van der Waals surface area contributed by atoms with Crippen LogP contribution in [0, 0.1) is 0 Å². The van der Waals surface area contributed by atoms with Gasteiger partial charge in [0.1, 0.15) is 0 Å². The van der Waals surface area contributed by atoms with Gasteiger partial charge >= 0.3 is 5.97 Å². The molecule has 0 saturated carbocycles. The highest BCUT2D eigenvalue weighted by Gasteiger charge is 2.14. The van der Waals surface area contributed by atoms with Crippen molar-refractivity contribution in [3.05, 3.63) is 54.2 Å². The number of carboxylic acid groups (broad SMARTS) is 1. The normalized spacial score (nSPS) is 10.9. The van der Waals surface area contributed by atoms with Crippen molar-refractivity contribution in [3.8, 4) is 0 Å². The van der Waals surface area contributed by atoms with E-state index in [1.54, 1.807) is 12.4 Å². The van der Waals surface area contributed by atoms with Crippen LogP contribution in [-0.4, -0.2) is 20.6 Å². The Labute approximate surface area is 102 Å². The number of para-hydroxylation sites is 2. The molecule has 0 atom stereocenters. The molecule has 0 bridgehead atoms. The van der Waals surface area contributed by atoms with Crippen molar-refractivity contribution in [3.63, 3.8) is 0 Å². The molecular formula is C13H10N2O3. The van der Waals surface area contributed by atoms with Crippen molar-refractivity contribution in [1.82, 2.24) is 9.55 Å². The topological polar surface area (TPSA) is 68.3 Å². The van der Waals surface area contributed by atoms with E-state index in [4.69, 9.17) is 9.52 Å². The maximum Gasteiger partial charge on any atom is 0.372 e. The van der Waals surface area contributed by atoms with E-state index in [1.165, 1.54) is 6.26 Å². The Morgan fingerprint density at radius 3 is 3.00 bits per heavy atom. The first-order valence-electron chi connectivity index (χ1n) is 5.45. The Bertz CT molecular complexity index is 712. The van der Waals surface area contributed by atoms with E-state index in [-0.39, 0.29) is 5.76 Å². The van der Waals surface area contributed by atoms with Gasteiger partial charge in [-0.05, 0) is 18.2 Å². The van der Waals surface area contributed by atoms with Gasteiger partial charge in [-0.2, -0.15) is 0 Å². The molecule has 0 radical (unpaired) electrons. The maximum atomic E-state index is 11.0. The molecule has 0 aliphatic heterocycles. The minimum atomic E-state index is -1.06. The molecule has 0 spiro atoms. The van der Waals surface area contributed by atoms with Crippen LogP contribution in [0.15, 0.2) is 47.3 Å². The maximum absolute atomic E-state index is 11.0. The summed E-state index contributed by atoms with van der Waals surface area (Å²) in [6.45, 7) is 0.429. The Balaban J connectivity index is 2.02. The summed E-state index contributed by atoms with van der Waals surface area (Å²) in [5.41, 5.74) is 2.48. The van der Waals surface area contributed by atoms with E-state index in [0.717, 1.165) is 11.0 Å². The minimum Gasteiger partial charge on any atom is -0.475 e. The number of nitrogens with zero attached hydrogens (tertiary/aromatic N) is 2. The molecule has 0 unspecified atom stereocenters. The van der Waals surface area contributed by atoms with Crippen LogP contribution in [0.2, 0.25) is 0 Å². The third-order valence-corrected chi connectivity index (χ3v) is 2.81. The van der Waals surface area contributed by atoms with Crippen molar-refractivity contribution in [2.45, 2.75) is 6.54 Å². The largest absolute Gasteiger partial charge is 0.475 e. The van der Waals surface area contributed by atoms with Gasteiger partial charge in [0.2, 0.25) is 5.76 Å². The quantitative estimate of drug-likeness (QED) is 0.765. The van der Waals surface area contributed by atoms with Gasteiger partial charge < -0.3 is 14.1 Å². The monoisotopic (exact) mass is 242 g/mol. The van der Waals surface area contributed by atoms with Gasteiger partial charge in [0.15, 0.2) is 0 Å². The highest BCUT2D eigenvalue weighted by Crippen LogP contribution is 2.17. The first-order chi connectivity index (χ1) is 8.75. The van der Waals surface area contributed by atoms with Gasteiger partial charge in [-0.1, -0.05) is 12.1 Å². The summed E-state index contributed by atoms with van der Waals surface area (Å²) in [5, 5.41) is 8.98. The summed E-state index contributed by atoms with van der Waals surface area (Å²) in [5.74, 6) is -1.08. The summed E-state index contributed by atoms with van der Waals surface area (Å²) in [4.78, 5) is 15.2. The molecule has 1 N–H and O–H groups in total. The molecule has 0 fully saturated rings. The summed E-state index contributed by atoms with van der Waals surface area (Å²) in [6, 6.07) is 9.37. The summed E-state index contributed by atoms with van der Waals surface area (Å²) in [7, 11) is 0. The van der Waals surface area contributed by atoms with E-state index in [2.05, 4.69) is 4.98 Å². The molecule has 18 heavy (non-hydrogen) atoms. The zero-order chi connectivity index (χ0) is 12.5. The number of imidazole rings is 1. The molecule has 2 aromatic heterocycles.